The normalized spacial score (nSPS) is 12.6. The van der Waals surface area contributed by atoms with Gasteiger partial charge in [0, 0.05) is 6.54 Å². The third-order valence-corrected chi connectivity index (χ3v) is 3.16. The number of aromatic carboxylic acids is 1. The molecule has 1 heterocycles. The molecular formula is C14H13F3N4O3. The van der Waals surface area contributed by atoms with Gasteiger partial charge in [0.2, 0.25) is 5.91 Å². The lowest BCUT2D eigenvalue weighted by Gasteiger charge is -2.21. The molecule has 7 nitrogen and oxygen atoms in total. The van der Waals surface area contributed by atoms with Gasteiger partial charge in [-0.05, 0) is 5.56 Å². The van der Waals surface area contributed by atoms with E-state index in [1.807, 2.05) is 0 Å². The summed E-state index contributed by atoms with van der Waals surface area (Å²) in [6.07, 6.45) is -3.50. The van der Waals surface area contributed by atoms with Crippen LogP contribution in [0.2, 0.25) is 0 Å². The molecule has 1 amide bonds. The van der Waals surface area contributed by atoms with Crippen LogP contribution in [0.1, 0.15) is 22.0 Å². The SMILES string of the molecule is O=C(Cn1cc(C(=O)O)nn1)NCC(c1ccccc1)C(F)(F)F. The summed E-state index contributed by atoms with van der Waals surface area (Å²) in [5.41, 5.74) is -0.320. The summed E-state index contributed by atoms with van der Waals surface area (Å²) in [5.74, 6) is -3.89. The van der Waals surface area contributed by atoms with Crippen molar-refractivity contribution in [1.29, 1.82) is 0 Å². The number of carbonyl (C=O) groups excluding carboxylic acids is 1. The zero-order valence-electron chi connectivity index (χ0n) is 12.2. The average molecular weight is 342 g/mol. The van der Waals surface area contributed by atoms with Crippen LogP contribution in [-0.4, -0.2) is 44.7 Å². The zero-order chi connectivity index (χ0) is 17.7. The first kappa shape index (κ1) is 17.4. The Hall–Kier alpha value is -2.91. The van der Waals surface area contributed by atoms with Gasteiger partial charge in [-0.2, -0.15) is 13.2 Å². The first-order valence-electron chi connectivity index (χ1n) is 6.79. The maximum atomic E-state index is 13.1. The monoisotopic (exact) mass is 342 g/mol. The number of nitrogens with zero attached hydrogens (tertiary/aromatic N) is 3. The highest BCUT2D eigenvalue weighted by atomic mass is 19.4. The van der Waals surface area contributed by atoms with E-state index in [0.717, 1.165) is 10.9 Å². The molecule has 1 atom stereocenters. The van der Waals surface area contributed by atoms with E-state index in [2.05, 4.69) is 15.6 Å². The predicted octanol–water partition coefficient (Wildman–Crippen LogP) is 1.44. The number of carboxylic acids is 1. The van der Waals surface area contributed by atoms with Crippen LogP contribution < -0.4 is 5.32 Å². The number of amides is 1. The van der Waals surface area contributed by atoms with E-state index in [1.165, 1.54) is 24.3 Å². The first-order chi connectivity index (χ1) is 11.3. The largest absolute Gasteiger partial charge is 0.476 e. The van der Waals surface area contributed by atoms with E-state index in [0.29, 0.717) is 0 Å². The summed E-state index contributed by atoms with van der Waals surface area (Å²) in [7, 11) is 0. The maximum Gasteiger partial charge on any atom is 0.397 e. The number of carboxylic acid groups (broad SMARTS) is 1. The fourth-order valence-corrected chi connectivity index (χ4v) is 2.00. The Morgan fingerprint density at radius 3 is 2.46 bits per heavy atom. The number of rotatable bonds is 6. The van der Waals surface area contributed by atoms with E-state index < -0.39 is 37.1 Å². The summed E-state index contributed by atoms with van der Waals surface area (Å²) in [6, 6.07) is 7.24. The topological polar surface area (TPSA) is 97.1 Å². The lowest BCUT2D eigenvalue weighted by atomic mass is 9.98. The molecule has 1 aromatic carbocycles. The Bertz CT molecular complexity index is 716. The van der Waals surface area contributed by atoms with E-state index in [4.69, 9.17) is 5.11 Å². The molecule has 24 heavy (non-hydrogen) atoms. The number of hydrogen-bond acceptors (Lipinski definition) is 4. The van der Waals surface area contributed by atoms with Crippen molar-refractivity contribution in [3.8, 4) is 0 Å². The Morgan fingerprint density at radius 1 is 1.25 bits per heavy atom. The molecule has 2 N–H and O–H groups in total. The van der Waals surface area contributed by atoms with Gasteiger partial charge in [0.1, 0.15) is 6.54 Å². The third-order valence-electron chi connectivity index (χ3n) is 3.16. The van der Waals surface area contributed by atoms with Crippen LogP contribution in [0.4, 0.5) is 13.2 Å². The van der Waals surface area contributed by atoms with E-state index in [-0.39, 0.29) is 11.3 Å². The summed E-state index contributed by atoms with van der Waals surface area (Å²) < 4.78 is 40.3. The molecular weight excluding hydrogens is 329 g/mol. The van der Waals surface area contributed by atoms with Crippen molar-refractivity contribution in [1.82, 2.24) is 20.3 Å². The molecule has 0 fully saturated rings. The Balaban J connectivity index is 1.98. The number of hydrogen-bond donors (Lipinski definition) is 2. The van der Waals surface area contributed by atoms with E-state index in [1.54, 1.807) is 6.07 Å². The molecule has 0 aliphatic carbocycles. The Kier molecular flexibility index (Phi) is 5.17. The molecule has 0 bridgehead atoms. The highest BCUT2D eigenvalue weighted by Crippen LogP contribution is 2.34. The van der Waals surface area contributed by atoms with Gasteiger partial charge in [-0.3, -0.25) is 4.79 Å². The molecule has 1 unspecified atom stereocenters. The molecule has 2 rings (SSSR count). The molecule has 0 saturated carbocycles. The molecule has 1 aromatic heterocycles. The van der Waals surface area contributed by atoms with Gasteiger partial charge in [0.25, 0.3) is 0 Å². The maximum absolute atomic E-state index is 13.1. The minimum absolute atomic E-state index is 0.0409. The minimum atomic E-state index is -4.52. The zero-order valence-corrected chi connectivity index (χ0v) is 12.2. The van der Waals surface area contributed by atoms with Crippen molar-refractivity contribution in [3.05, 3.63) is 47.8 Å². The van der Waals surface area contributed by atoms with Crippen LogP contribution >= 0.6 is 0 Å². The predicted molar refractivity (Wildman–Crippen MR) is 75.2 cm³/mol. The molecule has 0 radical (unpaired) electrons. The second-order valence-electron chi connectivity index (χ2n) is 4.92. The van der Waals surface area contributed by atoms with Crippen molar-refractivity contribution in [3.63, 3.8) is 0 Å². The first-order valence-corrected chi connectivity index (χ1v) is 6.79. The van der Waals surface area contributed by atoms with Crippen molar-refractivity contribution >= 4 is 11.9 Å². The van der Waals surface area contributed by atoms with Gasteiger partial charge in [-0.15, -0.1) is 5.10 Å². The summed E-state index contributed by atoms with van der Waals surface area (Å²) in [6.45, 7) is -1.06. The number of nitrogens with one attached hydrogen (secondary N) is 1. The third kappa shape index (κ3) is 4.54. The second kappa shape index (κ2) is 7.11. The molecule has 0 aliphatic heterocycles. The van der Waals surface area contributed by atoms with Gasteiger partial charge < -0.3 is 10.4 Å². The lowest BCUT2D eigenvalue weighted by molar-refractivity contribution is -0.150. The Morgan fingerprint density at radius 2 is 1.92 bits per heavy atom. The van der Waals surface area contributed by atoms with Crippen LogP contribution in [0.5, 0.6) is 0 Å². The van der Waals surface area contributed by atoms with Crippen LogP contribution in [0.25, 0.3) is 0 Å². The van der Waals surface area contributed by atoms with E-state index in [9.17, 15) is 22.8 Å². The van der Waals surface area contributed by atoms with Gasteiger partial charge in [0.05, 0.1) is 12.1 Å². The van der Waals surface area contributed by atoms with Gasteiger partial charge in [-0.25, -0.2) is 9.48 Å². The van der Waals surface area contributed by atoms with Crippen molar-refractivity contribution in [2.45, 2.75) is 18.6 Å². The fourth-order valence-electron chi connectivity index (χ4n) is 2.00. The van der Waals surface area contributed by atoms with Crippen LogP contribution in [0.15, 0.2) is 36.5 Å². The summed E-state index contributed by atoms with van der Waals surface area (Å²) >= 11 is 0. The number of carbonyl (C=O) groups is 2. The smallest absolute Gasteiger partial charge is 0.397 e. The molecule has 10 heteroatoms. The van der Waals surface area contributed by atoms with Crippen molar-refractivity contribution < 1.29 is 27.9 Å². The van der Waals surface area contributed by atoms with Crippen molar-refractivity contribution in [2.75, 3.05) is 6.54 Å². The van der Waals surface area contributed by atoms with Crippen LogP contribution in [0.3, 0.4) is 0 Å². The molecule has 0 spiro atoms. The standard InChI is InChI=1S/C14H13F3N4O3/c15-14(16,17)10(9-4-2-1-3-5-9)6-18-12(22)8-21-7-11(13(23)24)19-20-21/h1-5,7,10H,6,8H2,(H,18,22)(H,23,24). The lowest BCUT2D eigenvalue weighted by Crippen LogP contribution is -2.36. The molecule has 0 saturated heterocycles. The number of aromatic nitrogens is 3. The van der Waals surface area contributed by atoms with Gasteiger partial charge >= 0.3 is 12.1 Å². The second-order valence-corrected chi connectivity index (χ2v) is 4.92. The highest BCUT2D eigenvalue weighted by Gasteiger charge is 2.40. The summed E-state index contributed by atoms with van der Waals surface area (Å²) in [4.78, 5) is 22.4. The van der Waals surface area contributed by atoms with Crippen LogP contribution in [-0.2, 0) is 11.3 Å². The van der Waals surface area contributed by atoms with Gasteiger partial charge in [0.15, 0.2) is 5.69 Å². The average Bonchev–Trinajstić information content (AvgIpc) is 2.96. The molecule has 0 aliphatic rings. The quantitative estimate of drug-likeness (QED) is 0.828. The van der Waals surface area contributed by atoms with Crippen molar-refractivity contribution in [2.24, 2.45) is 0 Å². The fraction of sp³-hybridized carbons (Fsp3) is 0.286. The highest BCUT2D eigenvalue weighted by molar-refractivity contribution is 5.84. The number of benzene rings is 1. The Labute approximate surface area is 134 Å². The summed E-state index contributed by atoms with van der Waals surface area (Å²) in [5, 5.41) is 17.6. The number of halogens is 3. The number of alkyl halides is 3. The van der Waals surface area contributed by atoms with Crippen LogP contribution in [0, 0.1) is 0 Å². The molecule has 2 aromatic rings. The minimum Gasteiger partial charge on any atom is -0.476 e. The molecule has 128 valence electrons. The van der Waals surface area contributed by atoms with E-state index >= 15 is 0 Å². The van der Waals surface area contributed by atoms with Gasteiger partial charge in [-0.1, -0.05) is 35.5 Å².